The van der Waals surface area contributed by atoms with Gasteiger partial charge in [0.05, 0.1) is 12.7 Å². The first-order valence-electron chi connectivity index (χ1n) is 7.89. The van der Waals surface area contributed by atoms with E-state index in [1.54, 1.807) is 37.5 Å². The second-order valence-electron chi connectivity index (χ2n) is 5.82. The number of methoxy groups -OCH3 is 1. The maximum Gasteiger partial charge on any atom is 0.257 e. The predicted molar refractivity (Wildman–Crippen MR) is 93.4 cm³/mol. The van der Waals surface area contributed by atoms with E-state index in [1.807, 2.05) is 36.4 Å². The van der Waals surface area contributed by atoms with E-state index in [9.17, 15) is 4.79 Å². The Morgan fingerprint density at radius 1 is 1.24 bits per heavy atom. The Morgan fingerprint density at radius 3 is 2.88 bits per heavy atom. The zero-order valence-corrected chi connectivity index (χ0v) is 13.9. The molecule has 3 aromatic rings. The van der Waals surface area contributed by atoms with Crippen molar-refractivity contribution in [2.75, 3.05) is 19.5 Å². The average Bonchev–Trinajstić information content (AvgIpc) is 3.15. The summed E-state index contributed by atoms with van der Waals surface area (Å²) in [6.45, 7) is 0. The second kappa shape index (κ2) is 5.98. The highest BCUT2D eigenvalue weighted by atomic mass is 16.5. The summed E-state index contributed by atoms with van der Waals surface area (Å²) in [6.07, 6.45) is 3.08. The number of ether oxygens (including phenoxy) is 1. The van der Waals surface area contributed by atoms with E-state index in [-0.39, 0.29) is 12.1 Å². The molecule has 6 nitrogen and oxygen atoms in total. The number of carbonyl (C=O) groups is 1. The van der Waals surface area contributed by atoms with E-state index in [0.717, 1.165) is 11.3 Å². The normalized spacial score (nSPS) is 16.3. The first-order valence-corrected chi connectivity index (χ1v) is 7.89. The fourth-order valence-electron chi connectivity index (χ4n) is 2.93. The van der Waals surface area contributed by atoms with Crippen LogP contribution in [0.2, 0.25) is 0 Å². The molecule has 3 heterocycles. The molecular weight excluding hydrogens is 318 g/mol. The average molecular weight is 335 g/mol. The molecule has 0 saturated heterocycles. The fourth-order valence-corrected chi connectivity index (χ4v) is 2.93. The van der Waals surface area contributed by atoms with E-state index in [1.165, 1.54) is 0 Å². The molecule has 1 aliphatic rings. The number of carbonyl (C=O) groups excluding carboxylic acids is 1. The Labute approximate surface area is 145 Å². The maximum absolute atomic E-state index is 12.7. The number of hydrogen-bond donors (Lipinski definition) is 1. The van der Waals surface area contributed by atoms with E-state index in [4.69, 9.17) is 9.15 Å². The minimum Gasteiger partial charge on any atom is -0.497 e. The number of nitrogens with one attached hydrogen (secondary N) is 1. The summed E-state index contributed by atoms with van der Waals surface area (Å²) in [5.74, 6) is 1.94. The van der Waals surface area contributed by atoms with Crippen molar-refractivity contribution >= 4 is 11.6 Å². The minimum absolute atomic E-state index is 0.0861. The molecule has 2 aromatic heterocycles. The van der Waals surface area contributed by atoms with Crippen LogP contribution in [0.15, 0.2) is 59.3 Å². The van der Waals surface area contributed by atoms with Gasteiger partial charge in [-0.15, -0.1) is 0 Å². The van der Waals surface area contributed by atoms with Crippen LogP contribution < -0.4 is 10.1 Å². The molecule has 1 amide bonds. The van der Waals surface area contributed by atoms with Crippen LogP contribution in [0.25, 0.3) is 11.3 Å². The molecule has 1 atom stereocenters. The highest BCUT2D eigenvalue weighted by Gasteiger charge is 2.32. The molecule has 4 rings (SSSR count). The van der Waals surface area contributed by atoms with Crippen molar-refractivity contribution in [1.29, 1.82) is 0 Å². The minimum atomic E-state index is -0.376. The van der Waals surface area contributed by atoms with Gasteiger partial charge in [0.25, 0.3) is 5.91 Å². The molecule has 25 heavy (non-hydrogen) atoms. The first kappa shape index (κ1) is 15.3. The lowest BCUT2D eigenvalue weighted by molar-refractivity contribution is 0.0719. The maximum atomic E-state index is 12.7. The highest BCUT2D eigenvalue weighted by Crippen LogP contribution is 2.35. The van der Waals surface area contributed by atoms with Gasteiger partial charge in [-0.1, -0.05) is 0 Å². The molecule has 0 bridgehead atoms. The predicted octanol–water partition coefficient (Wildman–Crippen LogP) is 3.55. The number of nitrogens with zero attached hydrogens (tertiary/aromatic N) is 2. The van der Waals surface area contributed by atoms with E-state index in [0.29, 0.717) is 22.8 Å². The first-order chi connectivity index (χ1) is 12.2. The Bertz CT molecular complexity index is 921. The van der Waals surface area contributed by atoms with Crippen LogP contribution >= 0.6 is 0 Å². The molecule has 0 unspecified atom stereocenters. The molecule has 6 heteroatoms. The number of benzene rings is 1. The van der Waals surface area contributed by atoms with Gasteiger partial charge in [-0.2, -0.15) is 0 Å². The molecule has 1 N–H and O–H groups in total. The van der Waals surface area contributed by atoms with Crippen LogP contribution in [-0.2, 0) is 0 Å². The van der Waals surface area contributed by atoms with Crippen molar-refractivity contribution < 1.29 is 13.9 Å². The fraction of sp³-hybridized carbons (Fsp3) is 0.158. The smallest absolute Gasteiger partial charge is 0.257 e. The van der Waals surface area contributed by atoms with Gasteiger partial charge in [0.1, 0.15) is 17.3 Å². The third kappa shape index (κ3) is 2.61. The molecule has 0 spiro atoms. The van der Waals surface area contributed by atoms with Crippen molar-refractivity contribution in [2.24, 2.45) is 0 Å². The number of amides is 1. The quantitative estimate of drug-likeness (QED) is 0.793. The Balaban J connectivity index is 1.67. The van der Waals surface area contributed by atoms with E-state index in [2.05, 4.69) is 10.3 Å². The summed E-state index contributed by atoms with van der Waals surface area (Å²) in [4.78, 5) is 18.4. The monoisotopic (exact) mass is 335 g/mol. The van der Waals surface area contributed by atoms with Gasteiger partial charge in [0, 0.05) is 30.7 Å². The molecule has 1 aromatic carbocycles. The number of aromatic nitrogens is 1. The third-order valence-electron chi connectivity index (χ3n) is 4.30. The molecule has 126 valence electrons. The molecule has 0 radical (unpaired) electrons. The van der Waals surface area contributed by atoms with Gasteiger partial charge in [0.2, 0.25) is 0 Å². The Hall–Kier alpha value is -3.28. The van der Waals surface area contributed by atoms with Gasteiger partial charge in [-0.05, 0) is 42.5 Å². The lowest BCUT2D eigenvalue weighted by atomic mass is 10.1. The standard InChI is InChI=1S/C19H17N3O3/c1-22-18(17-8-7-16(25-17)12-4-3-9-20-11-12)21-15-6-5-13(24-2)10-14(15)19(22)23/h3-11,18,21H,1-2H3/t18-/m1/s1. The van der Waals surface area contributed by atoms with Crippen LogP contribution in [-0.4, -0.2) is 29.9 Å². The Morgan fingerprint density at radius 2 is 2.12 bits per heavy atom. The van der Waals surface area contributed by atoms with Gasteiger partial charge >= 0.3 is 0 Å². The van der Waals surface area contributed by atoms with Crippen molar-refractivity contribution in [3.8, 4) is 17.1 Å². The van der Waals surface area contributed by atoms with Crippen LogP contribution in [0.3, 0.4) is 0 Å². The van der Waals surface area contributed by atoms with E-state index < -0.39 is 0 Å². The van der Waals surface area contributed by atoms with Gasteiger partial charge in [-0.3, -0.25) is 9.78 Å². The zero-order chi connectivity index (χ0) is 17.4. The SMILES string of the molecule is COc1ccc2c(c1)C(=O)N(C)[C@H](c1ccc(-c3cccnc3)o1)N2. The molecule has 1 aliphatic heterocycles. The zero-order valence-electron chi connectivity index (χ0n) is 13.9. The number of fused-ring (bicyclic) bond motifs is 1. The number of furan rings is 1. The number of pyridine rings is 1. The van der Waals surface area contributed by atoms with E-state index >= 15 is 0 Å². The third-order valence-corrected chi connectivity index (χ3v) is 4.30. The lowest BCUT2D eigenvalue weighted by Crippen LogP contribution is -2.40. The van der Waals surface area contributed by atoms with Gasteiger partial charge in [0.15, 0.2) is 6.17 Å². The summed E-state index contributed by atoms with van der Waals surface area (Å²) in [7, 11) is 3.33. The number of rotatable bonds is 3. The number of anilines is 1. The van der Waals surface area contributed by atoms with Crippen LogP contribution in [0.4, 0.5) is 5.69 Å². The summed E-state index contributed by atoms with van der Waals surface area (Å²) >= 11 is 0. The molecule has 0 fully saturated rings. The summed E-state index contributed by atoms with van der Waals surface area (Å²) in [6, 6.07) is 13.0. The van der Waals surface area contributed by atoms with Crippen molar-refractivity contribution in [1.82, 2.24) is 9.88 Å². The van der Waals surface area contributed by atoms with Gasteiger partial charge in [-0.25, -0.2) is 0 Å². The van der Waals surface area contributed by atoms with Crippen LogP contribution in [0.1, 0.15) is 22.3 Å². The summed E-state index contributed by atoms with van der Waals surface area (Å²) in [5.41, 5.74) is 2.23. The summed E-state index contributed by atoms with van der Waals surface area (Å²) in [5, 5.41) is 3.35. The topological polar surface area (TPSA) is 67.6 Å². The summed E-state index contributed by atoms with van der Waals surface area (Å²) < 4.78 is 11.2. The van der Waals surface area contributed by atoms with Crippen LogP contribution in [0.5, 0.6) is 5.75 Å². The van der Waals surface area contributed by atoms with Crippen molar-refractivity contribution in [3.05, 3.63) is 66.2 Å². The molecule has 0 saturated carbocycles. The Kier molecular flexibility index (Phi) is 3.65. The van der Waals surface area contributed by atoms with Crippen LogP contribution in [0, 0.1) is 0 Å². The lowest BCUT2D eigenvalue weighted by Gasteiger charge is -2.34. The second-order valence-corrected chi connectivity index (χ2v) is 5.82. The van der Waals surface area contributed by atoms with Crippen molar-refractivity contribution in [3.63, 3.8) is 0 Å². The van der Waals surface area contributed by atoms with Gasteiger partial charge < -0.3 is 19.4 Å². The number of hydrogen-bond acceptors (Lipinski definition) is 5. The van der Waals surface area contributed by atoms with Crippen molar-refractivity contribution in [2.45, 2.75) is 6.17 Å². The largest absolute Gasteiger partial charge is 0.497 e. The molecule has 0 aliphatic carbocycles. The highest BCUT2D eigenvalue weighted by molar-refractivity contribution is 6.02. The molecular formula is C19H17N3O3.